The van der Waals surface area contributed by atoms with Gasteiger partial charge in [0.1, 0.15) is 54.9 Å². The predicted molar refractivity (Wildman–Crippen MR) is 266 cm³/mol. The Morgan fingerprint density at radius 2 is 0.912 bits per heavy atom. The molecule has 400 valence electrons. The fraction of sp³-hybridized carbons (Fsp3) is 0.907. The summed E-state index contributed by atoms with van der Waals surface area (Å²) in [6.07, 6.45) is 29.5. The van der Waals surface area contributed by atoms with Gasteiger partial charge in [-0.15, -0.1) is 0 Å². The number of carbonyl (C=O) groups is 1. The molecule has 14 nitrogen and oxygen atoms in total. The third kappa shape index (κ3) is 29.1. The molecule has 7 N–H and O–H groups in total. The lowest BCUT2D eigenvalue weighted by atomic mass is 9.98. The van der Waals surface area contributed by atoms with Gasteiger partial charge in [-0.2, -0.15) is 0 Å². The van der Waals surface area contributed by atoms with Crippen LogP contribution in [0.1, 0.15) is 213 Å². The van der Waals surface area contributed by atoms with Crippen LogP contribution in [0.15, 0.2) is 24.3 Å². The first-order valence-corrected chi connectivity index (χ1v) is 27.4. The molecule has 0 aliphatic carbocycles. The van der Waals surface area contributed by atoms with Crippen LogP contribution in [0.2, 0.25) is 0 Å². The lowest BCUT2D eigenvalue weighted by molar-refractivity contribution is -0.332. The average molecular weight is 973 g/mol. The van der Waals surface area contributed by atoms with Crippen molar-refractivity contribution in [3.05, 3.63) is 24.3 Å². The van der Waals surface area contributed by atoms with E-state index >= 15 is 0 Å². The first kappa shape index (κ1) is 62.6. The molecule has 2 fully saturated rings. The van der Waals surface area contributed by atoms with Gasteiger partial charge in [-0.25, -0.2) is 0 Å². The number of ether oxygens (including phenoxy) is 6. The van der Waals surface area contributed by atoms with Crippen molar-refractivity contribution in [1.82, 2.24) is 0 Å². The Morgan fingerprint density at radius 1 is 0.485 bits per heavy atom. The lowest BCUT2D eigenvalue weighted by Crippen LogP contribution is -2.61. The van der Waals surface area contributed by atoms with Gasteiger partial charge in [-0.1, -0.05) is 186 Å². The number of rotatable bonds is 44. The van der Waals surface area contributed by atoms with E-state index < -0.39 is 80.7 Å². The number of esters is 1. The normalized spacial score (nSPS) is 26.0. The molecule has 11 atom stereocenters. The molecule has 0 spiro atoms. The summed E-state index contributed by atoms with van der Waals surface area (Å²) in [5.41, 5.74) is 0. The minimum Gasteiger partial charge on any atom is -0.457 e. The third-order valence-corrected chi connectivity index (χ3v) is 13.2. The molecule has 0 aromatic heterocycles. The van der Waals surface area contributed by atoms with Crippen LogP contribution in [-0.4, -0.2) is 142 Å². The van der Waals surface area contributed by atoms with Crippen LogP contribution in [0.4, 0.5) is 0 Å². The van der Waals surface area contributed by atoms with E-state index in [1.54, 1.807) is 0 Å². The summed E-state index contributed by atoms with van der Waals surface area (Å²) in [5, 5.41) is 72.2. The number of carbonyl (C=O) groups excluding carboxylic acids is 1. The lowest BCUT2D eigenvalue weighted by Gasteiger charge is -2.42. The van der Waals surface area contributed by atoms with Gasteiger partial charge in [0.25, 0.3) is 0 Å². The van der Waals surface area contributed by atoms with Crippen LogP contribution in [0.5, 0.6) is 0 Å². The molecule has 68 heavy (non-hydrogen) atoms. The summed E-state index contributed by atoms with van der Waals surface area (Å²) >= 11 is 0. The van der Waals surface area contributed by atoms with Crippen molar-refractivity contribution in [2.75, 3.05) is 33.0 Å². The van der Waals surface area contributed by atoms with Gasteiger partial charge < -0.3 is 64.2 Å². The van der Waals surface area contributed by atoms with Crippen LogP contribution in [0.3, 0.4) is 0 Å². The Bertz CT molecular complexity index is 1220. The van der Waals surface area contributed by atoms with Crippen molar-refractivity contribution in [3.63, 3.8) is 0 Å². The van der Waals surface area contributed by atoms with Gasteiger partial charge in [0.2, 0.25) is 0 Å². The number of allylic oxidation sites excluding steroid dienone is 4. The maximum atomic E-state index is 13.0. The van der Waals surface area contributed by atoms with Crippen molar-refractivity contribution in [2.45, 2.75) is 280 Å². The summed E-state index contributed by atoms with van der Waals surface area (Å²) in [5.74, 6) is -0.374. The largest absolute Gasteiger partial charge is 0.457 e. The van der Waals surface area contributed by atoms with Crippen LogP contribution < -0.4 is 0 Å². The molecular weight excluding hydrogens is 873 g/mol. The van der Waals surface area contributed by atoms with E-state index in [-0.39, 0.29) is 25.6 Å². The van der Waals surface area contributed by atoms with Crippen LogP contribution in [-0.2, 0) is 33.2 Å². The first-order chi connectivity index (χ1) is 33.1. The Balaban J connectivity index is 1.73. The average Bonchev–Trinajstić information content (AvgIpc) is 3.33. The van der Waals surface area contributed by atoms with Crippen molar-refractivity contribution in [1.29, 1.82) is 0 Å². The smallest absolute Gasteiger partial charge is 0.306 e. The zero-order valence-electron chi connectivity index (χ0n) is 42.6. The molecule has 0 aromatic rings. The third-order valence-electron chi connectivity index (χ3n) is 13.2. The minimum absolute atomic E-state index is 0.0636. The zero-order valence-corrected chi connectivity index (χ0v) is 42.6. The second kappa shape index (κ2) is 42.0. The zero-order chi connectivity index (χ0) is 49.5. The summed E-state index contributed by atoms with van der Waals surface area (Å²) < 4.78 is 34.3. The highest BCUT2D eigenvalue weighted by Crippen LogP contribution is 2.26. The van der Waals surface area contributed by atoms with E-state index in [1.165, 1.54) is 141 Å². The maximum absolute atomic E-state index is 13.0. The second-order valence-electron chi connectivity index (χ2n) is 19.4. The summed E-state index contributed by atoms with van der Waals surface area (Å²) in [4.78, 5) is 13.0. The van der Waals surface area contributed by atoms with Gasteiger partial charge in [0.05, 0.1) is 26.4 Å². The molecule has 14 heteroatoms. The molecule has 11 unspecified atom stereocenters. The molecule has 0 saturated carbocycles. The molecule has 2 saturated heterocycles. The van der Waals surface area contributed by atoms with Crippen molar-refractivity contribution in [3.8, 4) is 0 Å². The molecule has 0 radical (unpaired) electrons. The van der Waals surface area contributed by atoms with Gasteiger partial charge in [-0.3, -0.25) is 4.79 Å². The fourth-order valence-corrected chi connectivity index (χ4v) is 8.73. The standard InChI is InChI=1S/C54H100O14/c1-3-5-7-9-11-13-15-17-19-20-21-22-23-24-26-28-30-32-34-36-38-63-40-43(66-46(56)37-35-33-31-29-27-25-18-16-14-12-10-8-6-4-2)41-64-53-52(62)50(60)48(58)45(68-53)42-65-54-51(61)49(59)47(57)44(39-55)67-54/h11,13,17,19,43-45,47-55,57-62H,3-10,12,14-16,18,20-42H2,1-2H3/b13-11-,19-17-. The summed E-state index contributed by atoms with van der Waals surface area (Å²) in [6, 6.07) is 0. The Hall–Kier alpha value is -1.53. The Kier molecular flexibility index (Phi) is 38.7. The summed E-state index contributed by atoms with van der Waals surface area (Å²) in [7, 11) is 0. The van der Waals surface area contributed by atoms with Crippen molar-refractivity contribution < 1.29 is 69.0 Å². The van der Waals surface area contributed by atoms with Gasteiger partial charge in [0, 0.05) is 13.0 Å². The SMILES string of the molecule is CCCCC/C=C\C/C=C\CCCCCCCCCCCCOCC(COC1OC(COC2OC(CO)C(O)C(O)C2O)C(O)C(O)C1O)OC(=O)CCCCCCCCCCCCCCCC. The molecule has 2 aliphatic rings. The number of aliphatic hydroxyl groups is 7. The molecule has 0 amide bonds. The maximum Gasteiger partial charge on any atom is 0.306 e. The molecular formula is C54H100O14. The Morgan fingerprint density at radius 3 is 1.44 bits per heavy atom. The molecule has 0 bridgehead atoms. The first-order valence-electron chi connectivity index (χ1n) is 27.4. The van der Waals surface area contributed by atoms with Gasteiger partial charge in [-0.05, 0) is 44.9 Å². The number of hydrogen-bond acceptors (Lipinski definition) is 14. The number of aliphatic hydroxyl groups excluding tert-OH is 7. The quantitative estimate of drug-likeness (QED) is 0.0173. The van der Waals surface area contributed by atoms with Crippen LogP contribution in [0.25, 0.3) is 0 Å². The fourth-order valence-electron chi connectivity index (χ4n) is 8.73. The van der Waals surface area contributed by atoms with E-state index in [0.717, 1.165) is 44.9 Å². The molecule has 2 heterocycles. The van der Waals surface area contributed by atoms with E-state index in [2.05, 4.69) is 38.2 Å². The molecule has 0 aromatic carbocycles. The monoisotopic (exact) mass is 973 g/mol. The van der Waals surface area contributed by atoms with E-state index in [1.807, 2.05) is 0 Å². The van der Waals surface area contributed by atoms with E-state index in [0.29, 0.717) is 13.0 Å². The number of hydrogen-bond donors (Lipinski definition) is 7. The van der Waals surface area contributed by atoms with Crippen molar-refractivity contribution >= 4 is 5.97 Å². The van der Waals surface area contributed by atoms with Crippen LogP contribution >= 0.6 is 0 Å². The van der Waals surface area contributed by atoms with Crippen molar-refractivity contribution in [2.24, 2.45) is 0 Å². The van der Waals surface area contributed by atoms with E-state index in [4.69, 9.17) is 28.4 Å². The topological polar surface area (TPSA) is 214 Å². The second-order valence-corrected chi connectivity index (χ2v) is 19.4. The Labute approximate surface area is 411 Å². The van der Waals surface area contributed by atoms with E-state index in [9.17, 15) is 40.5 Å². The molecule has 2 aliphatic heterocycles. The van der Waals surface area contributed by atoms with Gasteiger partial charge >= 0.3 is 5.97 Å². The van der Waals surface area contributed by atoms with Crippen LogP contribution in [0, 0.1) is 0 Å². The highest BCUT2D eigenvalue weighted by molar-refractivity contribution is 5.69. The highest BCUT2D eigenvalue weighted by Gasteiger charge is 2.47. The van der Waals surface area contributed by atoms with Gasteiger partial charge in [0.15, 0.2) is 12.6 Å². The molecule has 2 rings (SSSR count). The minimum atomic E-state index is -1.70. The summed E-state index contributed by atoms with van der Waals surface area (Å²) in [6.45, 7) is 3.69. The number of unbranched alkanes of at least 4 members (excludes halogenated alkanes) is 26. The highest BCUT2D eigenvalue weighted by atomic mass is 16.7. The predicted octanol–water partition coefficient (Wildman–Crippen LogP) is 8.80.